The molecule has 0 radical (unpaired) electrons. The van der Waals surface area contributed by atoms with Gasteiger partial charge < -0.3 is 14.8 Å². The van der Waals surface area contributed by atoms with Crippen LogP contribution in [-0.2, 0) is 0 Å². The van der Waals surface area contributed by atoms with Gasteiger partial charge in [-0.15, -0.1) is 0 Å². The number of allylic oxidation sites excluding steroid dienone is 1. The molecular weight excluding hydrogens is 262 g/mol. The lowest BCUT2D eigenvalue weighted by atomic mass is 10.3. The normalized spacial score (nSPS) is 9.80. The minimum absolute atomic E-state index is 0.0819. The monoisotopic (exact) mass is 273 g/mol. The number of halogens is 1. The molecule has 0 aliphatic heterocycles. The average Bonchev–Trinajstić information content (AvgIpc) is 2.47. The van der Waals surface area contributed by atoms with Crippen LogP contribution in [0.2, 0.25) is 0 Å². The molecule has 0 bridgehead atoms. The van der Waals surface area contributed by atoms with Gasteiger partial charge in [0, 0.05) is 12.6 Å². The molecule has 0 amide bonds. The minimum Gasteiger partial charge on any atom is -0.475 e. The van der Waals surface area contributed by atoms with Crippen LogP contribution in [0.1, 0.15) is 24.4 Å². The number of hydrogen-bond acceptors (Lipinski definition) is 3. The van der Waals surface area contributed by atoms with Crippen LogP contribution >= 0.6 is 15.9 Å². The summed E-state index contributed by atoms with van der Waals surface area (Å²) in [5.41, 5.74) is 1.18. The van der Waals surface area contributed by atoms with E-state index >= 15 is 0 Å². The molecule has 0 aliphatic carbocycles. The van der Waals surface area contributed by atoms with Crippen molar-refractivity contribution in [3.05, 3.63) is 27.9 Å². The Morgan fingerprint density at radius 1 is 1.67 bits per heavy atom. The maximum absolute atomic E-state index is 10.6. The van der Waals surface area contributed by atoms with Crippen molar-refractivity contribution in [2.45, 2.75) is 13.8 Å². The van der Waals surface area contributed by atoms with Gasteiger partial charge >= 0.3 is 5.97 Å². The van der Waals surface area contributed by atoms with Crippen LogP contribution < -0.4 is 5.32 Å². The molecule has 1 aromatic rings. The molecule has 0 saturated heterocycles. The van der Waals surface area contributed by atoms with Gasteiger partial charge in [-0.25, -0.2) is 4.79 Å². The fourth-order valence-electron chi connectivity index (χ4n) is 0.943. The van der Waals surface area contributed by atoms with Crippen LogP contribution in [0.15, 0.2) is 26.6 Å². The van der Waals surface area contributed by atoms with E-state index in [1.165, 1.54) is 11.6 Å². The Balaban J connectivity index is 2.69. The highest BCUT2D eigenvalue weighted by Gasteiger charge is 2.13. The Morgan fingerprint density at radius 2 is 2.33 bits per heavy atom. The van der Waals surface area contributed by atoms with E-state index in [1.54, 1.807) is 0 Å². The fourth-order valence-corrected chi connectivity index (χ4v) is 1.37. The molecule has 0 aromatic carbocycles. The first-order valence-corrected chi connectivity index (χ1v) is 5.20. The SMILES string of the molecule is CC(C)=CCNc1oc(C(=O)O)cc1Br. The van der Waals surface area contributed by atoms with Gasteiger partial charge in [0.25, 0.3) is 0 Å². The molecule has 0 fully saturated rings. The molecule has 1 aromatic heterocycles. The third kappa shape index (κ3) is 3.43. The molecule has 0 unspecified atom stereocenters. The quantitative estimate of drug-likeness (QED) is 0.828. The second-order valence-electron chi connectivity index (χ2n) is 3.26. The summed E-state index contributed by atoms with van der Waals surface area (Å²) in [6, 6.07) is 1.42. The van der Waals surface area contributed by atoms with Crippen LogP contribution in [0, 0.1) is 0 Å². The lowest BCUT2D eigenvalue weighted by Crippen LogP contribution is -1.98. The van der Waals surface area contributed by atoms with Crippen LogP contribution in [0.25, 0.3) is 0 Å². The Hall–Kier alpha value is -1.23. The van der Waals surface area contributed by atoms with E-state index in [4.69, 9.17) is 9.52 Å². The Bertz CT molecular complexity index is 391. The van der Waals surface area contributed by atoms with Crippen molar-refractivity contribution in [3.8, 4) is 0 Å². The molecule has 0 atom stereocenters. The zero-order valence-electron chi connectivity index (χ0n) is 8.50. The Labute approximate surface area is 96.1 Å². The van der Waals surface area contributed by atoms with Crippen molar-refractivity contribution in [1.29, 1.82) is 0 Å². The summed E-state index contributed by atoms with van der Waals surface area (Å²) in [4.78, 5) is 10.6. The summed E-state index contributed by atoms with van der Waals surface area (Å²) in [5, 5.41) is 11.6. The molecule has 2 N–H and O–H groups in total. The van der Waals surface area contributed by atoms with Crippen LogP contribution in [-0.4, -0.2) is 17.6 Å². The van der Waals surface area contributed by atoms with E-state index in [0.29, 0.717) is 16.9 Å². The standard InChI is InChI=1S/C10H12BrNO3/c1-6(2)3-4-12-9-7(11)5-8(15-9)10(13)14/h3,5,12H,4H2,1-2H3,(H,13,14). The van der Waals surface area contributed by atoms with Crippen LogP contribution in [0.4, 0.5) is 5.88 Å². The van der Waals surface area contributed by atoms with Crippen molar-refractivity contribution < 1.29 is 14.3 Å². The number of carboxylic acids is 1. The number of anilines is 1. The Morgan fingerprint density at radius 3 is 2.80 bits per heavy atom. The zero-order chi connectivity index (χ0) is 11.4. The van der Waals surface area contributed by atoms with E-state index in [1.807, 2.05) is 19.9 Å². The lowest BCUT2D eigenvalue weighted by Gasteiger charge is -1.99. The molecular formula is C10H12BrNO3. The van der Waals surface area contributed by atoms with Crippen molar-refractivity contribution in [1.82, 2.24) is 0 Å². The van der Waals surface area contributed by atoms with E-state index < -0.39 is 5.97 Å². The highest BCUT2D eigenvalue weighted by atomic mass is 79.9. The summed E-state index contributed by atoms with van der Waals surface area (Å²) >= 11 is 3.21. The highest BCUT2D eigenvalue weighted by Crippen LogP contribution is 2.26. The van der Waals surface area contributed by atoms with Gasteiger partial charge in [-0.1, -0.05) is 11.6 Å². The van der Waals surface area contributed by atoms with Gasteiger partial charge in [-0.05, 0) is 29.8 Å². The third-order valence-corrected chi connectivity index (χ3v) is 2.26. The molecule has 0 aliphatic rings. The molecule has 15 heavy (non-hydrogen) atoms. The predicted molar refractivity (Wildman–Crippen MR) is 61.3 cm³/mol. The number of nitrogens with one attached hydrogen (secondary N) is 1. The van der Waals surface area contributed by atoms with Gasteiger partial charge in [0.15, 0.2) is 0 Å². The number of furan rings is 1. The largest absolute Gasteiger partial charge is 0.475 e. The average molecular weight is 274 g/mol. The molecule has 1 heterocycles. The second-order valence-corrected chi connectivity index (χ2v) is 4.11. The molecule has 5 heteroatoms. The van der Waals surface area contributed by atoms with Crippen molar-refractivity contribution in [2.24, 2.45) is 0 Å². The molecule has 0 spiro atoms. The number of rotatable bonds is 4. The second kappa shape index (κ2) is 5.02. The van der Waals surface area contributed by atoms with Gasteiger partial charge in [-0.3, -0.25) is 0 Å². The minimum atomic E-state index is -1.08. The topological polar surface area (TPSA) is 62.5 Å². The summed E-state index contributed by atoms with van der Waals surface area (Å²) in [5.74, 6) is -0.725. The smallest absolute Gasteiger partial charge is 0.371 e. The zero-order valence-corrected chi connectivity index (χ0v) is 10.1. The maximum atomic E-state index is 10.6. The maximum Gasteiger partial charge on any atom is 0.371 e. The number of aromatic carboxylic acids is 1. The molecule has 0 saturated carbocycles. The first kappa shape index (κ1) is 11.8. The number of hydrogen-bond donors (Lipinski definition) is 2. The lowest BCUT2D eigenvalue weighted by molar-refractivity contribution is 0.0663. The summed E-state index contributed by atoms with van der Waals surface area (Å²) < 4.78 is 5.68. The predicted octanol–water partition coefficient (Wildman–Crippen LogP) is 3.12. The first-order valence-electron chi connectivity index (χ1n) is 4.40. The van der Waals surface area contributed by atoms with E-state index in [2.05, 4.69) is 21.2 Å². The number of carboxylic acid groups (broad SMARTS) is 1. The van der Waals surface area contributed by atoms with Crippen molar-refractivity contribution >= 4 is 27.8 Å². The van der Waals surface area contributed by atoms with E-state index in [-0.39, 0.29) is 5.76 Å². The molecule has 1 rings (SSSR count). The molecule has 82 valence electrons. The van der Waals surface area contributed by atoms with Crippen LogP contribution in [0.3, 0.4) is 0 Å². The summed E-state index contributed by atoms with van der Waals surface area (Å²) in [6.45, 7) is 4.58. The van der Waals surface area contributed by atoms with Gasteiger partial charge in [-0.2, -0.15) is 0 Å². The summed E-state index contributed by atoms with van der Waals surface area (Å²) in [6.07, 6.45) is 1.98. The van der Waals surface area contributed by atoms with Crippen molar-refractivity contribution in [2.75, 3.05) is 11.9 Å². The van der Waals surface area contributed by atoms with E-state index in [9.17, 15) is 4.79 Å². The Kier molecular flexibility index (Phi) is 3.96. The third-order valence-electron chi connectivity index (χ3n) is 1.67. The van der Waals surface area contributed by atoms with Crippen LogP contribution in [0.5, 0.6) is 0 Å². The fraction of sp³-hybridized carbons (Fsp3) is 0.300. The molecule has 4 nitrogen and oxygen atoms in total. The number of carbonyl (C=O) groups is 1. The first-order chi connectivity index (χ1) is 7.00. The van der Waals surface area contributed by atoms with Gasteiger partial charge in [0.2, 0.25) is 11.6 Å². The van der Waals surface area contributed by atoms with Gasteiger partial charge in [0.05, 0.1) is 4.47 Å². The highest BCUT2D eigenvalue weighted by molar-refractivity contribution is 9.10. The summed E-state index contributed by atoms with van der Waals surface area (Å²) in [7, 11) is 0. The van der Waals surface area contributed by atoms with E-state index in [0.717, 1.165) is 0 Å². The van der Waals surface area contributed by atoms with Gasteiger partial charge in [0.1, 0.15) is 0 Å². The van der Waals surface area contributed by atoms with Crippen molar-refractivity contribution in [3.63, 3.8) is 0 Å².